The Labute approximate surface area is 383 Å². The van der Waals surface area contributed by atoms with Crippen molar-refractivity contribution in [2.75, 3.05) is 13.2 Å². The molecule has 3 aliphatic carbocycles. The molecule has 2 aromatic carbocycles. The second-order valence-corrected chi connectivity index (χ2v) is 20.3. The fourth-order valence-electron chi connectivity index (χ4n) is 11.4. The Hall–Kier alpha value is -5.20. The summed E-state index contributed by atoms with van der Waals surface area (Å²) in [5.41, 5.74) is -8.10. The third-order valence-corrected chi connectivity index (χ3v) is 14.9. The van der Waals surface area contributed by atoms with Gasteiger partial charge < -0.3 is 54.7 Å². The second kappa shape index (κ2) is 17.8. The minimum absolute atomic E-state index is 0.0368. The monoisotopic (exact) mass is 918 g/mol. The molecule has 0 radical (unpaired) electrons. The van der Waals surface area contributed by atoms with Crippen molar-refractivity contribution >= 4 is 35.8 Å². The maximum Gasteiger partial charge on any atom is 0.408 e. The van der Waals surface area contributed by atoms with Crippen molar-refractivity contribution in [2.45, 2.75) is 140 Å². The maximum absolute atomic E-state index is 15.3. The van der Waals surface area contributed by atoms with Crippen molar-refractivity contribution in [1.82, 2.24) is 10.6 Å². The molecule has 4 unspecified atom stereocenters. The van der Waals surface area contributed by atoms with Gasteiger partial charge in [0.1, 0.15) is 35.6 Å². The molecule has 2 saturated heterocycles. The Morgan fingerprint density at radius 1 is 0.939 bits per heavy atom. The number of rotatable bonds is 10. The number of benzene rings is 2. The first-order chi connectivity index (χ1) is 30.9. The van der Waals surface area contributed by atoms with Crippen LogP contribution in [-0.4, -0.2) is 123 Å². The summed E-state index contributed by atoms with van der Waals surface area (Å²) in [5.74, 6) is -8.36. The summed E-state index contributed by atoms with van der Waals surface area (Å²) < 4.78 is 30.5. The van der Waals surface area contributed by atoms with Crippen LogP contribution in [0.15, 0.2) is 71.8 Å². The van der Waals surface area contributed by atoms with Crippen molar-refractivity contribution in [3.8, 4) is 0 Å². The van der Waals surface area contributed by atoms with Crippen LogP contribution in [0.2, 0.25) is 0 Å². The van der Waals surface area contributed by atoms with Gasteiger partial charge in [0.05, 0.1) is 47.5 Å². The topological polar surface area (TPSA) is 254 Å². The lowest BCUT2D eigenvalue weighted by molar-refractivity contribution is -0.346. The van der Waals surface area contributed by atoms with Gasteiger partial charge in [-0.3, -0.25) is 19.2 Å². The van der Waals surface area contributed by atoms with Crippen LogP contribution in [0.4, 0.5) is 4.79 Å². The first-order valence-corrected chi connectivity index (χ1v) is 22.5. The van der Waals surface area contributed by atoms with E-state index in [1.54, 1.807) is 90.1 Å². The van der Waals surface area contributed by atoms with Crippen molar-refractivity contribution < 1.29 is 72.9 Å². The average Bonchev–Trinajstić information content (AvgIpc) is 3.24. The zero-order valence-corrected chi connectivity index (χ0v) is 38.6. The summed E-state index contributed by atoms with van der Waals surface area (Å²) in [6, 6.07) is 14.4. The van der Waals surface area contributed by atoms with Crippen LogP contribution < -0.4 is 10.6 Å². The Morgan fingerprint density at radius 3 is 2.15 bits per heavy atom. The molecule has 2 aromatic rings. The lowest BCUT2D eigenvalue weighted by Crippen LogP contribution is -2.81. The van der Waals surface area contributed by atoms with Crippen LogP contribution in [0.25, 0.3) is 0 Å². The van der Waals surface area contributed by atoms with Crippen molar-refractivity contribution in [3.63, 3.8) is 0 Å². The number of aliphatic carboxylic acids is 1. The van der Waals surface area contributed by atoms with E-state index in [4.69, 9.17) is 23.7 Å². The van der Waals surface area contributed by atoms with E-state index in [1.807, 2.05) is 0 Å². The van der Waals surface area contributed by atoms with Gasteiger partial charge in [0.15, 0.2) is 11.4 Å². The van der Waals surface area contributed by atoms with E-state index in [-0.39, 0.29) is 49.1 Å². The highest BCUT2D eigenvalue weighted by Gasteiger charge is 2.78. The summed E-state index contributed by atoms with van der Waals surface area (Å²) in [5, 5.41) is 54.5. The van der Waals surface area contributed by atoms with Crippen LogP contribution in [-0.2, 0) is 42.9 Å². The van der Waals surface area contributed by atoms with E-state index < -0.39 is 130 Å². The lowest BCUT2D eigenvalue weighted by atomic mass is 9.44. The van der Waals surface area contributed by atoms with Gasteiger partial charge in [0.2, 0.25) is 0 Å². The molecule has 66 heavy (non-hydrogen) atoms. The van der Waals surface area contributed by atoms with E-state index in [2.05, 4.69) is 10.6 Å². The van der Waals surface area contributed by atoms with Crippen LogP contribution in [0.1, 0.15) is 103 Å². The van der Waals surface area contributed by atoms with Crippen LogP contribution >= 0.6 is 0 Å². The third-order valence-electron chi connectivity index (χ3n) is 14.9. The molecule has 4 fully saturated rings. The van der Waals surface area contributed by atoms with Gasteiger partial charge >= 0.3 is 30.0 Å². The highest BCUT2D eigenvalue weighted by molar-refractivity contribution is 5.94. The number of alkyl carbamates (subject to hydrolysis) is 1. The largest absolute Gasteiger partial charge is 0.481 e. The first kappa shape index (κ1) is 48.7. The fourth-order valence-corrected chi connectivity index (χ4v) is 11.4. The molecule has 2 aliphatic heterocycles. The molecule has 17 nitrogen and oxygen atoms in total. The van der Waals surface area contributed by atoms with Crippen LogP contribution in [0.3, 0.4) is 0 Å². The molecule has 5 aliphatic rings. The Morgan fingerprint density at radius 2 is 1.58 bits per heavy atom. The second-order valence-electron chi connectivity index (χ2n) is 20.3. The normalized spacial score (nSPS) is 34.6. The minimum atomic E-state index is -2.38. The van der Waals surface area contributed by atoms with Gasteiger partial charge in [0, 0.05) is 31.2 Å². The van der Waals surface area contributed by atoms with Gasteiger partial charge in [-0.2, -0.15) is 0 Å². The zero-order valence-electron chi connectivity index (χ0n) is 38.6. The molecule has 0 spiro atoms. The standard InChI is InChI=1S/C49H62N2O15/c1-25-31(63-43(59)34(30-21-29(41(56)57)19-20-50-30)36(27-15-11-9-12-16-27)51-44(60)66-45(3,4)5)23-49(61)40(64-42(58)28-17-13-10-14-18-28)38-47(8,39(55)37(54)35(25)46(49,6)7)32(53)22-33-48(38,24-62-33)65-26(2)52/h9-18,29-34,36-38,40,50,53-54,61H,19-24H2,1-8H3,(H,51,60)(H,56,57)/t29?,30-,31+,32+,33-,34?,36-,37-,38?,40?,47-,48+,49-/m1/s1. The first-order valence-electron chi connectivity index (χ1n) is 22.5. The number of hydrogen-bond donors (Lipinski definition) is 6. The van der Waals surface area contributed by atoms with Gasteiger partial charge in [-0.1, -0.05) is 62.4 Å². The number of esters is 3. The highest BCUT2D eigenvalue weighted by atomic mass is 16.6. The molecule has 7 rings (SSSR count). The van der Waals surface area contributed by atoms with Crippen LogP contribution in [0, 0.1) is 28.6 Å². The molecule has 2 heterocycles. The smallest absolute Gasteiger partial charge is 0.408 e. The van der Waals surface area contributed by atoms with Gasteiger partial charge in [0.25, 0.3) is 0 Å². The predicted molar refractivity (Wildman–Crippen MR) is 233 cm³/mol. The highest BCUT2D eigenvalue weighted by Crippen LogP contribution is 2.64. The Bertz CT molecular complexity index is 2260. The number of hydrogen-bond acceptors (Lipinski definition) is 15. The fraction of sp³-hybridized carbons (Fsp3) is 0.592. The number of aliphatic hydroxyl groups excluding tert-OH is 2. The number of carboxylic acid groups (broad SMARTS) is 1. The molecular formula is C49H62N2O15. The minimum Gasteiger partial charge on any atom is -0.481 e. The molecule has 2 saturated carbocycles. The zero-order chi connectivity index (χ0) is 48.3. The number of piperidine rings is 1. The molecule has 0 aromatic heterocycles. The summed E-state index contributed by atoms with van der Waals surface area (Å²) in [4.78, 5) is 83.9. The predicted octanol–water partition coefficient (Wildman–Crippen LogP) is 3.97. The summed E-state index contributed by atoms with van der Waals surface area (Å²) in [7, 11) is 0. The third kappa shape index (κ3) is 8.41. The van der Waals surface area contributed by atoms with Crippen LogP contribution in [0.5, 0.6) is 0 Å². The van der Waals surface area contributed by atoms with E-state index in [0.717, 1.165) is 6.92 Å². The van der Waals surface area contributed by atoms with Crippen molar-refractivity contribution in [1.29, 1.82) is 0 Å². The number of Topliss-reactive ketones (excluding diaryl/α,β-unsaturated/α-hetero) is 1. The summed E-state index contributed by atoms with van der Waals surface area (Å²) in [6.07, 6.45) is -9.22. The number of fused-ring (bicyclic) bond motifs is 5. The van der Waals surface area contributed by atoms with Gasteiger partial charge in [-0.15, -0.1) is 0 Å². The Balaban J connectivity index is 1.40. The number of ether oxygens (including phenoxy) is 5. The maximum atomic E-state index is 15.3. The molecule has 2 bridgehead atoms. The number of nitrogens with one attached hydrogen (secondary N) is 2. The quantitative estimate of drug-likeness (QED) is 0.112. The molecule has 1 amide bonds. The van der Waals surface area contributed by atoms with E-state index in [0.29, 0.717) is 5.56 Å². The molecule has 358 valence electrons. The van der Waals surface area contributed by atoms with Crippen molar-refractivity contribution in [2.24, 2.45) is 28.6 Å². The number of ketones is 1. The number of carbonyl (C=O) groups is 6. The summed E-state index contributed by atoms with van der Waals surface area (Å²) >= 11 is 0. The van der Waals surface area contributed by atoms with Gasteiger partial charge in [-0.25, -0.2) is 9.59 Å². The number of carbonyl (C=O) groups excluding carboxylic acids is 5. The average molecular weight is 919 g/mol. The van der Waals surface area contributed by atoms with E-state index >= 15 is 9.59 Å². The van der Waals surface area contributed by atoms with E-state index in [9.17, 15) is 39.6 Å². The lowest BCUT2D eigenvalue weighted by Gasteiger charge is -2.67. The SMILES string of the molecule is CC(=O)O[C@@]12CO[C@@H]1C[C@H](O)[C@@]1(C)C(=O)[C@H](O)C3=C(C)[C@@H](OC(=O)C([C@H](NC(=O)OC(C)(C)C)c4ccccc4)[C@H]4CC(C(=O)O)CCN4)C[C@@](O)(C(OC(=O)c4ccccc4)C12)C3(C)C. The van der Waals surface area contributed by atoms with Crippen molar-refractivity contribution in [3.05, 3.63) is 82.9 Å². The molecule has 13 atom stereocenters. The van der Waals surface area contributed by atoms with E-state index in [1.165, 1.54) is 19.1 Å². The molecule has 6 N–H and O–H groups in total. The summed E-state index contributed by atoms with van der Waals surface area (Å²) in [6.45, 7) is 12.2. The number of amides is 1. The number of carboxylic acids is 1. The van der Waals surface area contributed by atoms with Gasteiger partial charge in [-0.05, 0) is 82.8 Å². The number of aliphatic hydroxyl groups is 3. The molecular weight excluding hydrogens is 857 g/mol. The molecule has 17 heteroatoms. The Kier molecular flexibility index (Phi) is 13.1.